The standard InChI is InChI=1S/C36H63NO5/c1-20-9-11-26(27-15-23(10-12-30(27)42-5)19-37-13-7-6-8-14-37)28-17-24-16-25-18-29(39)33(22(3)38)35(41)36(25,4)21(2)32(24)34(40)31(20)28/h20-35,38-41H,6-19H2,1-5H3. The van der Waals surface area contributed by atoms with Crippen LogP contribution in [0.25, 0.3) is 0 Å². The van der Waals surface area contributed by atoms with Gasteiger partial charge in [0.05, 0.1) is 30.5 Å². The van der Waals surface area contributed by atoms with Crippen LogP contribution < -0.4 is 0 Å². The number of likely N-dealkylation sites (tertiary alicyclic amines) is 1. The summed E-state index contributed by atoms with van der Waals surface area (Å²) in [5, 5.41) is 45.6. The van der Waals surface area contributed by atoms with Gasteiger partial charge in [0, 0.05) is 19.6 Å². The van der Waals surface area contributed by atoms with Gasteiger partial charge < -0.3 is 30.1 Å². The first-order valence-corrected chi connectivity index (χ1v) is 18.0. The molecule has 6 rings (SSSR count). The third-order valence-corrected chi connectivity index (χ3v) is 14.9. The Bertz CT molecular complexity index is 909. The van der Waals surface area contributed by atoms with E-state index in [4.69, 9.17) is 4.74 Å². The second kappa shape index (κ2) is 12.5. The summed E-state index contributed by atoms with van der Waals surface area (Å²) in [4.78, 5) is 2.73. The normalized spacial score (nSPS) is 54.4. The predicted molar refractivity (Wildman–Crippen MR) is 166 cm³/mol. The highest BCUT2D eigenvalue weighted by atomic mass is 16.5. The van der Waals surface area contributed by atoms with Crippen molar-refractivity contribution >= 4 is 0 Å². The summed E-state index contributed by atoms with van der Waals surface area (Å²) in [7, 11) is 1.93. The van der Waals surface area contributed by atoms with Crippen molar-refractivity contribution in [1.29, 1.82) is 0 Å². The Balaban J connectivity index is 1.24. The number of rotatable bonds is 5. The van der Waals surface area contributed by atoms with Crippen molar-refractivity contribution < 1.29 is 25.2 Å². The van der Waals surface area contributed by atoms with Gasteiger partial charge in [-0.05, 0) is 142 Å². The Morgan fingerprint density at radius 1 is 0.857 bits per heavy atom. The van der Waals surface area contributed by atoms with Crippen molar-refractivity contribution in [3.05, 3.63) is 0 Å². The van der Waals surface area contributed by atoms with E-state index in [1.165, 1.54) is 77.4 Å². The zero-order valence-corrected chi connectivity index (χ0v) is 27.3. The molecule has 6 aliphatic rings. The zero-order chi connectivity index (χ0) is 29.9. The Labute approximate surface area is 256 Å². The number of methoxy groups -OCH3 is 1. The van der Waals surface area contributed by atoms with Crippen molar-refractivity contribution in [2.45, 2.75) is 129 Å². The first-order chi connectivity index (χ1) is 20.1. The maximum absolute atomic E-state index is 12.3. The van der Waals surface area contributed by atoms with E-state index in [1.54, 1.807) is 6.92 Å². The lowest BCUT2D eigenvalue weighted by atomic mass is 9.41. The fraction of sp³-hybridized carbons (Fsp3) is 1.00. The maximum Gasteiger partial charge on any atom is 0.0676 e. The lowest BCUT2D eigenvalue weighted by Crippen LogP contribution is -2.66. The lowest BCUT2D eigenvalue weighted by Gasteiger charge is -2.65. The molecule has 0 radical (unpaired) electrons. The molecule has 4 N–H and O–H groups in total. The van der Waals surface area contributed by atoms with E-state index in [2.05, 4.69) is 25.7 Å². The molecule has 0 aromatic carbocycles. The minimum Gasteiger partial charge on any atom is -0.393 e. The van der Waals surface area contributed by atoms with Crippen molar-refractivity contribution in [1.82, 2.24) is 4.90 Å². The molecule has 17 unspecified atom stereocenters. The molecule has 1 heterocycles. The zero-order valence-electron chi connectivity index (χ0n) is 27.3. The quantitative estimate of drug-likeness (QED) is 0.362. The van der Waals surface area contributed by atoms with Crippen molar-refractivity contribution in [3.8, 4) is 0 Å². The van der Waals surface area contributed by atoms with Gasteiger partial charge in [-0.1, -0.05) is 33.6 Å². The summed E-state index contributed by atoms with van der Waals surface area (Å²) in [5.41, 5.74) is -0.403. The molecule has 1 aliphatic heterocycles. The SMILES string of the molecule is COC1CCC(CN2CCCCC2)CC1C1CCC(C)C2C(O)C3C(CC12)CC1CC(O)C(C(C)O)C(O)C1(C)C3C. The summed E-state index contributed by atoms with van der Waals surface area (Å²) in [6.07, 6.45) is 10.9. The number of aliphatic hydroxyl groups excluding tert-OH is 4. The average molecular weight is 590 g/mol. The van der Waals surface area contributed by atoms with Crippen LogP contribution in [0, 0.1) is 70.5 Å². The number of aliphatic hydroxyl groups is 4. The highest BCUT2D eigenvalue weighted by Gasteiger charge is 2.64. The Morgan fingerprint density at radius 2 is 1.60 bits per heavy atom. The topological polar surface area (TPSA) is 93.4 Å². The van der Waals surface area contributed by atoms with Gasteiger partial charge in [-0.25, -0.2) is 0 Å². The van der Waals surface area contributed by atoms with Crippen LogP contribution in [0.5, 0.6) is 0 Å². The van der Waals surface area contributed by atoms with Crippen molar-refractivity contribution in [2.24, 2.45) is 70.5 Å². The number of hydrogen-bond donors (Lipinski definition) is 4. The Morgan fingerprint density at radius 3 is 2.29 bits per heavy atom. The molecule has 0 aromatic rings. The minimum atomic E-state index is -0.759. The Hall–Kier alpha value is -0.240. The van der Waals surface area contributed by atoms with Crippen molar-refractivity contribution in [2.75, 3.05) is 26.7 Å². The van der Waals surface area contributed by atoms with Crippen LogP contribution in [-0.4, -0.2) is 82.6 Å². The largest absolute Gasteiger partial charge is 0.393 e. The van der Waals surface area contributed by atoms with Gasteiger partial charge in [-0.2, -0.15) is 0 Å². The van der Waals surface area contributed by atoms with Crippen LogP contribution in [0.1, 0.15) is 98.3 Å². The molecular weight excluding hydrogens is 526 g/mol. The molecule has 5 aliphatic carbocycles. The second-order valence-corrected chi connectivity index (χ2v) is 16.7. The summed E-state index contributed by atoms with van der Waals surface area (Å²) in [6, 6.07) is 0. The summed E-state index contributed by atoms with van der Waals surface area (Å²) >= 11 is 0. The lowest BCUT2D eigenvalue weighted by molar-refractivity contribution is -0.237. The molecule has 242 valence electrons. The van der Waals surface area contributed by atoms with Crippen LogP contribution in [0.3, 0.4) is 0 Å². The average Bonchev–Trinajstić information content (AvgIpc) is 2.95. The summed E-state index contributed by atoms with van der Waals surface area (Å²) in [5.74, 6) is 3.75. The summed E-state index contributed by atoms with van der Waals surface area (Å²) in [6.45, 7) is 12.4. The Kier molecular flexibility index (Phi) is 9.45. The van der Waals surface area contributed by atoms with Gasteiger partial charge in [0.2, 0.25) is 0 Å². The van der Waals surface area contributed by atoms with E-state index < -0.39 is 29.6 Å². The van der Waals surface area contributed by atoms with E-state index in [0.717, 1.165) is 12.3 Å². The number of nitrogens with zero attached hydrogens (tertiary/aromatic N) is 1. The van der Waals surface area contributed by atoms with Gasteiger partial charge in [0.15, 0.2) is 0 Å². The van der Waals surface area contributed by atoms with E-state index >= 15 is 0 Å². The van der Waals surface area contributed by atoms with Crippen molar-refractivity contribution in [3.63, 3.8) is 0 Å². The molecule has 1 saturated heterocycles. The fourth-order valence-corrected chi connectivity index (χ4v) is 12.6. The molecule has 42 heavy (non-hydrogen) atoms. The number of hydrogen-bond acceptors (Lipinski definition) is 6. The fourth-order valence-electron chi connectivity index (χ4n) is 12.6. The predicted octanol–water partition coefficient (Wildman–Crippen LogP) is 4.96. The molecule has 6 nitrogen and oxygen atoms in total. The van der Waals surface area contributed by atoms with Gasteiger partial charge in [-0.3, -0.25) is 0 Å². The molecule has 0 spiro atoms. The first kappa shape index (κ1) is 31.7. The minimum absolute atomic E-state index is 0.142. The molecule has 6 heteroatoms. The highest BCUT2D eigenvalue weighted by molar-refractivity contribution is 5.12. The second-order valence-electron chi connectivity index (χ2n) is 16.7. The van der Waals surface area contributed by atoms with Gasteiger partial charge in [0.1, 0.15) is 0 Å². The van der Waals surface area contributed by atoms with Crippen LogP contribution in [-0.2, 0) is 4.74 Å². The highest BCUT2D eigenvalue weighted by Crippen LogP contribution is 2.65. The third kappa shape index (κ3) is 5.34. The molecule has 5 saturated carbocycles. The molecule has 0 aromatic heterocycles. The van der Waals surface area contributed by atoms with Gasteiger partial charge in [0.25, 0.3) is 0 Å². The third-order valence-electron chi connectivity index (χ3n) is 14.9. The summed E-state index contributed by atoms with van der Waals surface area (Å²) < 4.78 is 6.24. The van der Waals surface area contributed by atoms with Crippen LogP contribution >= 0.6 is 0 Å². The van der Waals surface area contributed by atoms with Gasteiger partial charge in [-0.15, -0.1) is 0 Å². The van der Waals surface area contributed by atoms with E-state index in [1.807, 2.05) is 7.11 Å². The maximum atomic E-state index is 12.3. The van der Waals surface area contributed by atoms with Crippen LogP contribution in [0.4, 0.5) is 0 Å². The van der Waals surface area contributed by atoms with E-state index in [0.29, 0.717) is 48.0 Å². The molecule has 17 atom stereocenters. The smallest absolute Gasteiger partial charge is 0.0676 e. The van der Waals surface area contributed by atoms with Gasteiger partial charge >= 0.3 is 0 Å². The number of fused-ring (bicyclic) bond motifs is 3. The van der Waals surface area contributed by atoms with E-state index in [9.17, 15) is 20.4 Å². The molecule has 6 fully saturated rings. The number of piperidine rings is 1. The number of ether oxygens (including phenoxy) is 1. The monoisotopic (exact) mass is 589 g/mol. The molecule has 0 bridgehead atoms. The van der Waals surface area contributed by atoms with Crippen LogP contribution in [0.15, 0.2) is 0 Å². The first-order valence-electron chi connectivity index (χ1n) is 18.0. The molecular formula is C36H63NO5. The molecule has 0 amide bonds. The van der Waals surface area contributed by atoms with E-state index in [-0.39, 0.29) is 23.9 Å². The van der Waals surface area contributed by atoms with Crippen LogP contribution in [0.2, 0.25) is 0 Å².